The normalized spacial score (nSPS) is 17.6. The Morgan fingerprint density at radius 2 is 2.15 bits per heavy atom. The zero-order chi connectivity index (χ0) is 14.9. The van der Waals surface area contributed by atoms with Crippen molar-refractivity contribution in [3.8, 4) is 0 Å². The van der Waals surface area contributed by atoms with Crippen molar-refractivity contribution < 1.29 is 14.3 Å². The molecule has 3 N–H and O–H groups in total. The lowest BCUT2D eigenvalue weighted by molar-refractivity contribution is -0.126. The molecule has 0 spiro atoms. The Hall–Kier alpha value is -2.24. The summed E-state index contributed by atoms with van der Waals surface area (Å²) in [5.74, 6) is -0.473. The Balaban J connectivity index is 2.38. The molecular weight excluding hydrogens is 258 g/mol. The van der Waals surface area contributed by atoms with Gasteiger partial charge >= 0.3 is 5.97 Å². The lowest BCUT2D eigenvalue weighted by Gasteiger charge is -2.43. The fraction of sp³-hybridized carbons (Fsp3) is 0.429. The van der Waals surface area contributed by atoms with Crippen molar-refractivity contribution in [2.24, 2.45) is 0 Å². The van der Waals surface area contributed by atoms with Gasteiger partial charge in [0.2, 0.25) is 5.91 Å². The maximum atomic E-state index is 12.0. The number of nitrogens with two attached hydrogens (primary N) is 1. The number of nitrogens with one attached hydrogen (secondary N) is 1. The van der Waals surface area contributed by atoms with Gasteiger partial charge in [0.15, 0.2) is 0 Å². The third kappa shape index (κ3) is 2.29. The summed E-state index contributed by atoms with van der Waals surface area (Å²) < 4.78 is 4.66. The second-order valence-electron chi connectivity index (χ2n) is 5.23. The molecule has 2 rings (SSSR count). The van der Waals surface area contributed by atoms with E-state index in [2.05, 4.69) is 10.1 Å². The largest absolute Gasteiger partial charge is 0.465 e. The summed E-state index contributed by atoms with van der Waals surface area (Å²) in [6.45, 7) is 4.92. The first kappa shape index (κ1) is 14.2. The summed E-state index contributed by atoms with van der Waals surface area (Å²) in [6.07, 6.45) is 0. The second kappa shape index (κ2) is 5.03. The lowest BCUT2D eigenvalue weighted by Crippen LogP contribution is -2.62. The second-order valence-corrected chi connectivity index (χ2v) is 5.23. The van der Waals surface area contributed by atoms with E-state index in [1.54, 1.807) is 18.2 Å². The average Bonchev–Trinajstić information content (AvgIpc) is 2.41. The Morgan fingerprint density at radius 3 is 2.75 bits per heavy atom. The number of hydrogen-bond donors (Lipinski definition) is 2. The number of esters is 1. The lowest BCUT2D eigenvalue weighted by atomic mass is 9.97. The average molecular weight is 277 g/mol. The number of piperazine rings is 1. The molecule has 1 aromatic carbocycles. The summed E-state index contributed by atoms with van der Waals surface area (Å²) in [6, 6.07) is 4.98. The van der Waals surface area contributed by atoms with Crippen LogP contribution in [-0.2, 0) is 9.53 Å². The molecule has 1 aromatic rings. The first-order valence-corrected chi connectivity index (χ1v) is 6.41. The van der Waals surface area contributed by atoms with Crippen LogP contribution >= 0.6 is 0 Å². The molecular formula is C14H19N3O3. The van der Waals surface area contributed by atoms with Crippen LogP contribution in [0.15, 0.2) is 18.2 Å². The minimum Gasteiger partial charge on any atom is -0.465 e. The third-order valence-electron chi connectivity index (χ3n) is 3.59. The number of anilines is 2. The highest BCUT2D eigenvalue weighted by molar-refractivity contribution is 5.94. The summed E-state index contributed by atoms with van der Waals surface area (Å²) >= 11 is 0. The van der Waals surface area contributed by atoms with Gasteiger partial charge < -0.3 is 20.7 Å². The number of carbonyl (C=O) groups excluding carboxylic acids is 2. The predicted octanol–water partition coefficient (Wildman–Crippen LogP) is 0.770. The first-order chi connectivity index (χ1) is 9.37. The van der Waals surface area contributed by atoms with E-state index in [0.29, 0.717) is 24.3 Å². The number of amides is 1. The van der Waals surface area contributed by atoms with Gasteiger partial charge in [0, 0.05) is 13.1 Å². The van der Waals surface area contributed by atoms with Gasteiger partial charge in [-0.3, -0.25) is 4.79 Å². The van der Waals surface area contributed by atoms with Gasteiger partial charge in [-0.2, -0.15) is 0 Å². The summed E-state index contributed by atoms with van der Waals surface area (Å²) in [4.78, 5) is 25.4. The van der Waals surface area contributed by atoms with Crippen molar-refractivity contribution in [3.05, 3.63) is 23.8 Å². The number of ether oxygens (including phenoxy) is 1. The van der Waals surface area contributed by atoms with E-state index in [1.807, 2.05) is 18.7 Å². The number of benzene rings is 1. The maximum Gasteiger partial charge on any atom is 0.337 e. The number of nitrogens with zero attached hydrogens (tertiary/aromatic N) is 1. The standard InChI is InChI=1S/C14H19N3O3/c1-14(2)13(19)16-6-7-17(14)11-5-4-9(8-10(11)15)12(18)20-3/h4-5,8H,6-7,15H2,1-3H3,(H,16,19). The van der Waals surface area contributed by atoms with Crippen LogP contribution in [0.25, 0.3) is 0 Å². The van der Waals surface area contributed by atoms with E-state index in [4.69, 9.17) is 5.73 Å². The molecule has 6 heteroatoms. The smallest absolute Gasteiger partial charge is 0.337 e. The van der Waals surface area contributed by atoms with Crippen molar-refractivity contribution in [3.63, 3.8) is 0 Å². The number of rotatable bonds is 2. The van der Waals surface area contributed by atoms with Crippen LogP contribution in [0, 0.1) is 0 Å². The molecule has 0 radical (unpaired) electrons. The number of hydrogen-bond acceptors (Lipinski definition) is 5. The summed E-state index contributed by atoms with van der Waals surface area (Å²) in [5, 5.41) is 2.83. The van der Waals surface area contributed by atoms with E-state index < -0.39 is 11.5 Å². The highest BCUT2D eigenvalue weighted by atomic mass is 16.5. The van der Waals surface area contributed by atoms with Gasteiger partial charge in [-0.25, -0.2) is 4.79 Å². The molecule has 1 fully saturated rings. The topological polar surface area (TPSA) is 84.7 Å². The maximum absolute atomic E-state index is 12.0. The summed E-state index contributed by atoms with van der Waals surface area (Å²) in [7, 11) is 1.32. The van der Waals surface area contributed by atoms with Crippen LogP contribution in [0.2, 0.25) is 0 Å². The molecule has 0 atom stereocenters. The molecule has 0 unspecified atom stereocenters. The van der Waals surface area contributed by atoms with Crippen molar-refractivity contribution in [2.45, 2.75) is 19.4 Å². The van der Waals surface area contributed by atoms with Gasteiger partial charge in [-0.05, 0) is 32.0 Å². The summed E-state index contributed by atoms with van der Waals surface area (Å²) in [5.41, 5.74) is 6.95. The minimum atomic E-state index is -0.681. The molecule has 108 valence electrons. The van der Waals surface area contributed by atoms with Crippen LogP contribution in [0.3, 0.4) is 0 Å². The fourth-order valence-electron chi connectivity index (χ4n) is 2.37. The van der Waals surface area contributed by atoms with Gasteiger partial charge in [0.05, 0.1) is 24.0 Å². The molecule has 1 heterocycles. The monoisotopic (exact) mass is 277 g/mol. The minimum absolute atomic E-state index is 0.0415. The molecule has 0 aliphatic carbocycles. The first-order valence-electron chi connectivity index (χ1n) is 6.41. The molecule has 0 saturated carbocycles. The van der Waals surface area contributed by atoms with Crippen molar-refractivity contribution in [2.75, 3.05) is 30.8 Å². The van der Waals surface area contributed by atoms with E-state index in [9.17, 15) is 9.59 Å². The Labute approximate surface area is 117 Å². The van der Waals surface area contributed by atoms with Crippen LogP contribution in [0.1, 0.15) is 24.2 Å². The highest BCUT2D eigenvalue weighted by Crippen LogP contribution is 2.31. The van der Waals surface area contributed by atoms with Crippen LogP contribution in [0.5, 0.6) is 0 Å². The van der Waals surface area contributed by atoms with Gasteiger partial charge in [-0.1, -0.05) is 0 Å². The molecule has 20 heavy (non-hydrogen) atoms. The predicted molar refractivity (Wildman–Crippen MR) is 76.6 cm³/mol. The van der Waals surface area contributed by atoms with E-state index in [0.717, 1.165) is 5.69 Å². The number of methoxy groups -OCH3 is 1. The van der Waals surface area contributed by atoms with Crippen molar-refractivity contribution >= 4 is 23.3 Å². The van der Waals surface area contributed by atoms with E-state index >= 15 is 0 Å². The van der Waals surface area contributed by atoms with E-state index in [-0.39, 0.29) is 5.91 Å². The van der Waals surface area contributed by atoms with Crippen LogP contribution < -0.4 is 16.0 Å². The van der Waals surface area contributed by atoms with Gasteiger partial charge in [-0.15, -0.1) is 0 Å². The van der Waals surface area contributed by atoms with Gasteiger partial charge in [0.25, 0.3) is 0 Å². The molecule has 1 saturated heterocycles. The van der Waals surface area contributed by atoms with Crippen LogP contribution in [-0.4, -0.2) is 37.6 Å². The van der Waals surface area contributed by atoms with E-state index in [1.165, 1.54) is 7.11 Å². The van der Waals surface area contributed by atoms with Crippen molar-refractivity contribution in [1.29, 1.82) is 0 Å². The molecule has 0 aromatic heterocycles. The Kier molecular flexibility index (Phi) is 3.57. The van der Waals surface area contributed by atoms with Crippen molar-refractivity contribution in [1.82, 2.24) is 5.32 Å². The van der Waals surface area contributed by atoms with Crippen LogP contribution in [0.4, 0.5) is 11.4 Å². The molecule has 1 aliphatic heterocycles. The Bertz CT molecular complexity index is 555. The zero-order valence-corrected chi connectivity index (χ0v) is 11.9. The SMILES string of the molecule is COC(=O)c1ccc(N2CCNC(=O)C2(C)C)c(N)c1. The fourth-order valence-corrected chi connectivity index (χ4v) is 2.37. The zero-order valence-electron chi connectivity index (χ0n) is 11.9. The molecule has 1 aliphatic rings. The Morgan fingerprint density at radius 1 is 1.45 bits per heavy atom. The molecule has 1 amide bonds. The number of carbonyl (C=O) groups is 2. The highest BCUT2D eigenvalue weighted by Gasteiger charge is 2.38. The third-order valence-corrected chi connectivity index (χ3v) is 3.59. The molecule has 6 nitrogen and oxygen atoms in total. The quantitative estimate of drug-likeness (QED) is 0.616. The van der Waals surface area contributed by atoms with Gasteiger partial charge in [0.1, 0.15) is 5.54 Å². The molecule has 0 bridgehead atoms. The number of nitrogen functional groups attached to an aromatic ring is 1.